The lowest BCUT2D eigenvalue weighted by Gasteiger charge is -2.19. The predicted molar refractivity (Wildman–Crippen MR) is 100 cm³/mol. The first-order chi connectivity index (χ1) is 12.1. The van der Waals surface area contributed by atoms with Crippen LogP contribution >= 0.6 is 0 Å². The number of methoxy groups -OCH3 is 2. The van der Waals surface area contributed by atoms with E-state index >= 15 is 0 Å². The first-order valence-electron chi connectivity index (χ1n) is 9.34. The Balaban J connectivity index is 1.87. The number of hydrogen-bond acceptors (Lipinski definition) is 4. The molecule has 0 heterocycles. The number of rotatable bonds is 11. The highest BCUT2D eigenvalue weighted by molar-refractivity contribution is 5.91. The van der Waals surface area contributed by atoms with Crippen molar-refractivity contribution in [1.82, 2.24) is 10.2 Å². The fraction of sp³-hybridized carbons (Fsp3) is 0.650. The zero-order valence-electron chi connectivity index (χ0n) is 16.1. The van der Waals surface area contributed by atoms with Crippen molar-refractivity contribution in [3.8, 4) is 11.5 Å². The fourth-order valence-corrected chi connectivity index (χ4v) is 3.28. The quantitative estimate of drug-likeness (QED) is 0.625. The summed E-state index contributed by atoms with van der Waals surface area (Å²) in [4.78, 5) is 15.1. The number of hydrogen-bond donors (Lipinski definition) is 1. The number of ether oxygens (including phenoxy) is 2. The van der Waals surface area contributed by atoms with E-state index in [1.54, 1.807) is 14.2 Å². The molecule has 5 nitrogen and oxygen atoms in total. The largest absolute Gasteiger partial charge is 0.493 e. The van der Waals surface area contributed by atoms with Crippen LogP contribution in [0.15, 0.2) is 18.2 Å². The molecule has 1 aliphatic rings. The second-order valence-corrected chi connectivity index (χ2v) is 6.64. The van der Waals surface area contributed by atoms with Gasteiger partial charge in [0.2, 0.25) is 5.91 Å². The van der Waals surface area contributed by atoms with Crippen LogP contribution in [-0.2, 0) is 10.2 Å². The molecule has 1 saturated carbocycles. The van der Waals surface area contributed by atoms with Crippen molar-refractivity contribution in [2.75, 3.05) is 40.4 Å². The minimum absolute atomic E-state index is 0.141. The summed E-state index contributed by atoms with van der Waals surface area (Å²) in [5.74, 6) is 1.51. The van der Waals surface area contributed by atoms with Gasteiger partial charge in [-0.3, -0.25) is 4.79 Å². The number of benzene rings is 1. The summed E-state index contributed by atoms with van der Waals surface area (Å²) < 4.78 is 10.7. The van der Waals surface area contributed by atoms with Crippen LogP contribution in [0.5, 0.6) is 11.5 Å². The van der Waals surface area contributed by atoms with Crippen molar-refractivity contribution >= 4 is 5.91 Å². The molecule has 0 radical (unpaired) electrons. The van der Waals surface area contributed by atoms with Crippen molar-refractivity contribution in [2.45, 2.75) is 44.9 Å². The lowest BCUT2D eigenvalue weighted by molar-refractivity contribution is -0.123. The Labute approximate surface area is 151 Å². The van der Waals surface area contributed by atoms with E-state index in [4.69, 9.17) is 9.47 Å². The van der Waals surface area contributed by atoms with E-state index < -0.39 is 0 Å². The Kier molecular flexibility index (Phi) is 7.12. The van der Waals surface area contributed by atoms with Crippen molar-refractivity contribution in [1.29, 1.82) is 0 Å². The van der Waals surface area contributed by atoms with Gasteiger partial charge in [-0.05, 0) is 63.0 Å². The van der Waals surface area contributed by atoms with Crippen LogP contribution in [0.2, 0.25) is 0 Å². The van der Waals surface area contributed by atoms with E-state index in [1.165, 1.54) is 0 Å². The minimum atomic E-state index is -0.377. The van der Waals surface area contributed by atoms with Crippen LogP contribution in [0.4, 0.5) is 0 Å². The van der Waals surface area contributed by atoms with E-state index in [0.717, 1.165) is 57.4 Å². The Bertz CT molecular complexity index is 566. The van der Waals surface area contributed by atoms with Gasteiger partial charge in [-0.2, -0.15) is 0 Å². The van der Waals surface area contributed by atoms with Crippen LogP contribution in [0, 0.1) is 0 Å². The molecule has 0 spiro atoms. The fourth-order valence-electron chi connectivity index (χ4n) is 3.28. The number of carbonyl (C=O) groups is 1. The zero-order valence-corrected chi connectivity index (χ0v) is 16.1. The van der Waals surface area contributed by atoms with Gasteiger partial charge in [0.1, 0.15) is 0 Å². The molecule has 25 heavy (non-hydrogen) atoms. The zero-order chi connectivity index (χ0) is 18.3. The van der Waals surface area contributed by atoms with E-state index in [9.17, 15) is 4.79 Å². The Hall–Kier alpha value is -1.75. The molecule has 1 N–H and O–H groups in total. The molecule has 1 aromatic rings. The molecule has 0 bridgehead atoms. The molecule has 5 heteroatoms. The minimum Gasteiger partial charge on any atom is -0.493 e. The third kappa shape index (κ3) is 4.66. The van der Waals surface area contributed by atoms with Crippen molar-refractivity contribution in [3.63, 3.8) is 0 Å². The van der Waals surface area contributed by atoms with E-state index in [1.807, 2.05) is 18.2 Å². The molecular formula is C20H32N2O3. The molecular weight excluding hydrogens is 316 g/mol. The first-order valence-corrected chi connectivity index (χ1v) is 9.34. The van der Waals surface area contributed by atoms with Gasteiger partial charge >= 0.3 is 0 Å². The Morgan fingerprint density at radius 1 is 1.12 bits per heavy atom. The van der Waals surface area contributed by atoms with Gasteiger partial charge in [0, 0.05) is 6.54 Å². The lowest BCUT2D eigenvalue weighted by Crippen LogP contribution is -2.35. The first kappa shape index (κ1) is 19.6. The number of nitrogens with zero attached hydrogens (tertiary/aromatic N) is 1. The summed E-state index contributed by atoms with van der Waals surface area (Å²) >= 11 is 0. The van der Waals surface area contributed by atoms with Crippen molar-refractivity contribution in [3.05, 3.63) is 23.8 Å². The van der Waals surface area contributed by atoms with Gasteiger partial charge in [0.05, 0.1) is 19.6 Å². The maximum absolute atomic E-state index is 12.7. The van der Waals surface area contributed by atoms with E-state index in [2.05, 4.69) is 24.1 Å². The van der Waals surface area contributed by atoms with Gasteiger partial charge in [0.15, 0.2) is 11.5 Å². The summed E-state index contributed by atoms with van der Waals surface area (Å²) in [5.41, 5.74) is 0.643. The molecule has 0 unspecified atom stereocenters. The number of nitrogens with one attached hydrogen (secondary N) is 1. The summed E-state index contributed by atoms with van der Waals surface area (Å²) in [6.45, 7) is 8.39. The highest BCUT2D eigenvalue weighted by Crippen LogP contribution is 2.50. The Morgan fingerprint density at radius 3 is 2.36 bits per heavy atom. The molecule has 2 rings (SSSR count). The van der Waals surface area contributed by atoms with Crippen molar-refractivity contribution < 1.29 is 14.3 Å². The van der Waals surface area contributed by atoms with Crippen LogP contribution < -0.4 is 14.8 Å². The number of carbonyl (C=O) groups excluding carboxylic acids is 1. The second-order valence-electron chi connectivity index (χ2n) is 6.64. The normalized spacial score (nSPS) is 15.1. The third-order valence-electron chi connectivity index (χ3n) is 5.20. The van der Waals surface area contributed by atoms with Crippen LogP contribution in [0.3, 0.4) is 0 Å². The van der Waals surface area contributed by atoms with E-state index in [-0.39, 0.29) is 11.3 Å². The molecule has 0 atom stereocenters. The summed E-state index contributed by atoms with van der Waals surface area (Å²) in [6, 6.07) is 5.80. The highest BCUT2D eigenvalue weighted by Gasteiger charge is 2.51. The third-order valence-corrected chi connectivity index (χ3v) is 5.20. The second kappa shape index (κ2) is 9.09. The van der Waals surface area contributed by atoms with Crippen molar-refractivity contribution in [2.24, 2.45) is 0 Å². The maximum Gasteiger partial charge on any atom is 0.230 e. The molecule has 1 amide bonds. The molecule has 0 saturated heterocycles. The standard InChI is InChI=1S/C20H32N2O3/c1-5-22(6-2)14-8-7-13-21-19(23)20(11-12-20)16-9-10-17(24-3)18(15-16)25-4/h9-10,15H,5-8,11-14H2,1-4H3,(H,21,23). The average Bonchev–Trinajstić information content (AvgIpc) is 3.46. The SMILES string of the molecule is CCN(CC)CCCCNC(=O)C1(c2ccc(OC)c(OC)c2)CC1. The topological polar surface area (TPSA) is 50.8 Å². The molecule has 1 fully saturated rings. The average molecular weight is 348 g/mol. The Morgan fingerprint density at radius 2 is 1.80 bits per heavy atom. The lowest BCUT2D eigenvalue weighted by atomic mass is 9.94. The van der Waals surface area contributed by atoms with Gasteiger partial charge < -0.3 is 19.7 Å². The smallest absolute Gasteiger partial charge is 0.230 e. The van der Waals surface area contributed by atoms with Crippen LogP contribution in [-0.4, -0.2) is 51.2 Å². The predicted octanol–water partition coefficient (Wildman–Crippen LogP) is 2.97. The van der Waals surface area contributed by atoms with E-state index in [0.29, 0.717) is 11.5 Å². The summed E-state index contributed by atoms with van der Waals surface area (Å²) in [5, 5.41) is 3.13. The van der Waals surface area contributed by atoms with Crippen LogP contribution in [0.1, 0.15) is 45.1 Å². The molecule has 140 valence electrons. The summed E-state index contributed by atoms with van der Waals surface area (Å²) in [7, 11) is 3.24. The molecule has 1 aliphatic carbocycles. The van der Waals surface area contributed by atoms with Gasteiger partial charge in [0.25, 0.3) is 0 Å². The maximum atomic E-state index is 12.7. The highest BCUT2D eigenvalue weighted by atomic mass is 16.5. The monoisotopic (exact) mass is 348 g/mol. The molecule has 0 aliphatic heterocycles. The number of unbranched alkanes of at least 4 members (excludes halogenated alkanes) is 1. The van der Waals surface area contributed by atoms with Gasteiger partial charge in [-0.15, -0.1) is 0 Å². The molecule has 1 aromatic carbocycles. The van der Waals surface area contributed by atoms with Gasteiger partial charge in [-0.1, -0.05) is 19.9 Å². The van der Waals surface area contributed by atoms with Gasteiger partial charge in [-0.25, -0.2) is 0 Å². The molecule has 0 aromatic heterocycles. The summed E-state index contributed by atoms with van der Waals surface area (Å²) in [6.07, 6.45) is 3.93. The number of amides is 1. The van der Waals surface area contributed by atoms with Crippen LogP contribution in [0.25, 0.3) is 0 Å².